The Labute approximate surface area is 165 Å². The van der Waals surface area contributed by atoms with Crippen molar-refractivity contribution in [2.24, 2.45) is 0 Å². The highest BCUT2D eigenvalue weighted by molar-refractivity contribution is 6.00. The summed E-state index contributed by atoms with van der Waals surface area (Å²) in [6.45, 7) is 4.00. The number of benzene rings is 2. The molecule has 0 bridgehead atoms. The van der Waals surface area contributed by atoms with Gasteiger partial charge in [0.15, 0.2) is 0 Å². The number of anilines is 1. The molecule has 1 aliphatic carbocycles. The Morgan fingerprint density at radius 2 is 1.93 bits per heavy atom. The third-order valence-electron chi connectivity index (χ3n) is 5.56. The van der Waals surface area contributed by atoms with Gasteiger partial charge in [-0.1, -0.05) is 31.9 Å². The van der Waals surface area contributed by atoms with Crippen molar-refractivity contribution in [1.29, 1.82) is 5.26 Å². The molecule has 3 rings (SSSR count). The first kappa shape index (κ1) is 19.9. The van der Waals surface area contributed by atoms with Crippen molar-refractivity contribution in [2.75, 3.05) is 5.32 Å². The lowest BCUT2D eigenvalue weighted by molar-refractivity contribution is -0.121. The van der Waals surface area contributed by atoms with E-state index in [0.29, 0.717) is 29.8 Å². The van der Waals surface area contributed by atoms with Crippen LogP contribution in [0.25, 0.3) is 0 Å². The molecule has 0 heterocycles. The Morgan fingerprint density at radius 3 is 2.54 bits per heavy atom. The van der Waals surface area contributed by atoms with E-state index in [4.69, 9.17) is 4.74 Å². The summed E-state index contributed by atoms with van der Waals surface area (Å²) in [4.78, 5) is 13.3. The zero-order chi connectivity index (χ0) is 20.1. The van der Waals surface area contributed by atoms with E-state index in [1.807, 2.05) is 13.8 Å². The van der Waals surface area contributed by atoms with E-state index in [0.717, 1.165) is 24.8 Å². The third kappa shape index (κ3) is 4.01. The summed E-state index contributed by atoms with van der Waals surface area (Å²) in [5, 5.41) is 12.5. The van der Waals surface area contributed by atoms with Crippen molar-refractivity contribution in [3.63, 3.8) is 0 Å². The summed E-state index contributed by atoms with van der Waals surface area (Å²) in [5.74, 6) is 0.141. The second-order valence-corrected chi connectivity index (χ2v) is 7.41. The van der Waals surface area contributed by atoms with Crippen molar-refractivity contribution < 1.29 is 13.9 Å². The number of halogens is 1. The van der Waals surface area contributed by atoms with Gasteiger partial charge in [-0.25, -0.2) is 4.39 Å². The van der Waals surface area contributed by atoms with Crippen LogP contribution in [0.15, 0.2) is 42.5 Å². The number of nitriles is 1. The summed E-state index contributed by atoms with van der Waals surface area (Å²) in [5.41, 5.74) is 0.963. The van der Waals surface area contributed by atoms with Crippen molar-refractivity contribution >= 4 is 11.6 Å². The van der Waals surface area contributed by atoms with Crippen molar-refractivity contribution in [3.8, 4) is 11.8 Å². The van der Waals surface area contributed by atoms with E-state index in [1.165, 1.54) is 12.1 Å². The maximum Gasteiger partial charge on any atom is 0.235 e. The summed E-state index contributed by atoms with van der Waals surface area (Å²) in [6.07, 6.45) is 4.21. The van der Waals surface area contributed by atoms with Crippen LogP contribution in [0.2, 0.25) is 0 Å². The number of nitrogens with one attached hydrogen (secondary N) is 1. The molecule has 28 heavy (non-hydrogen) atoms. The fourth-order valence-corrected chi connectivity index (χ4v) is 3.75. The molecule has 1 atom stereocenters. The number of ether oxygens (including phenoxy) is 1. The summed E-state index contributed by atoms with van der Waals surface area (Å²) >= 11 is 0. The predicted octanol–water partition coefficient (Wildman–Crippen LogP) is 5.33. The number of carbonyl (C=O) groups is 1. The first-order valence-corrected chi connectivity index (χ1v) is 9.77. The lowest BCUT2D eigenvalue weighted by Crippen LogP contribution is -2.38. The standard InChI is InChI=1S/C23H25FN2O2/c1-3-16(2)28-20-10-11-21(17(14-20)15-25)26-22(27)23(12-4-5-13-23)18-6-8-19(24)9-7-18/h6-11,14,16H,3-5,12-13H2,1-2H3,(H,26,27). The monoisotopic (exact) mass is 380 g/mol. The molecule has 2 aromatic rings. The highest BCUT2D eigenvalue weighted by Gasteiger charge is 2.42. The van der Waals surface area contributed by atoms with Gasteiger partial charge in [0.05, 0.1) is 22.8 Å². The summed E-state index contributed by atoms with van der Waals surface area (Å²) in [6, 6.07) is 13.4. The zero-order valence-electron chi connectivity index (χ0n) is 16.3. The van der Waals surface area contributed by atoms with Gasteiger partial charge in [0.25, 0.3) is 0 Å². The van der Waals surface area contributed by atoms with Crippen LogP contribution in [0.1, 0.15) is 57.1 Å². The zero-order valence-corrected chi connectivity index (χ0v) is 16.3. The maximum absolute atomic E-state index is 13.4. The Balaban J connectivity index is 1.86. The molecule has 1 fully saturated rings. The van der Waals surface area contributed by atoms with Gasteiger partial charge < -0.3 is 10.1 Å². The highest BCUT2D eigenvalue weighted by Crippen LogP contribution is 2.42. The lowest BCUT2D eigenvalue weighted by atomic mass is 9.78. The molecule has 0 spiro atoms. The van der Waals surface area contributed by atoms with Crippen LogP contribution >= 0.6 is 0 Å². The molecule has 1 aliphatic rings. The Morgan fingerprint density at radius 1 is 1.25 bits per heavy atom. The van der Waals surface area contributed by atoms with Crippen LogP contribution in [-0.4, -0.2) is 12.0 Å². The van der Waals surface area contributed by atoms with Crippen LogP contribution in [0.4, 0.5) is 10.1 Å². The van der Waals surface area contributed by atoms with Gasteiger partial charge in [0.2, 0.25) is 5.91 Å². The average molecular weight is 380 g/mol. The highest BCUT2D eigenvalue weighted by atomic mass is 19.1. The van der Waals surface area contributed by atoms with Gasteiger partial charge in [-0.2, -0.15) is 5.26 Å². The molecule has 2 aromatic carbocycles. The van der Waals surface area contributed by atoms with Gasteiger partial charge in [-0.15, -0.1) is 0 Å². The van der Waals surface area contributed by atoms with Gasteiger partial charge in [0.1, 0.15) is 17.6 Å². The van der Waals surface area contributed by atoms with E-state index >= 15 is 0 Å². The number of hydrogen-bond acceptors (Lipinski definition) is 3. The minimum atomic E-state index is -0.688. The molecular weight excluding hydrogens is 355 g/mol. The molecule has 0 aliphatic heterocycles. The van der Waals surface area contributed by atoms with Gasteiger partial charge in [-0.3, -0.25) is 4.79 Å². The molecule has 4 nitrogen and oxygen atoms in total. The van der Waals surface area contributed by atoms with Crippen molar-refractivity contribution in [3.05, 3.63) is 59.4 Å². The van der Waals surface area contributed by atoms with Gasteiger partial charge in [0, 0.05) is 6.07 Å². The summed E-state index contributed by atoms with van der Waals surface area (Å²) in [7, 11) is 0. The number of carbonyl (C=O) groups excluding carboxylic acids is 1. The summed E-state index contributed by atoms with van der Waals surface area (Å²) < 4.78 is 19.1. The Kier molecular flexibility index (Phi) is 5.99. The minimum absolute atomic E-state index is 0.0484. The van der Waals surface area contributed by atoms with Crippen LogP contribution in [-0.2, 0) is 10.2 Å². The molecule has 146 valence electrons. The lowest BCUT2D eigenvalue weighted by Gasteiger charge is -2.28. The molecule has 0 saturated heterocycles. The van der Waals surface area contributed by atoms with Gasteiger partial charge >= 0.3 is 0 Å². The van der Waals surface area contributed by atoms with E-state index in [-0.39, 0.29) is 17.8 Å². The second kappa shape index (κ2) is 8.43. The minimum Gasteiger partial charge on any atom is -0.491 e. The van der Waals surface area contributed by atoms with Crippen molar-refractivity contribution in [2.45, 2.75) is 57.5 Å². The molecule has 0 aromatic heterocycles. The molecule has 1 amide bonds. The van der Waals surface area contributed by atoms with Crippen LogP contribution < -0.4 is 10.1 Å². The Hall–Kier alpha value is -2.87. The normalized spacial score (nSPS) is 16.2. The largest absolute Gasteiger partial charge is 0.491 e. The third-order valence-corrected chi connectivity index (χ3v) is 5.56. The first-order valence-electron chi connectivity index (χ1n) is 9.77. The maximum atomic E-state index is 13.4. The fraction of sp³-hybridized carbons (Fsp3) is 0.391. The van der Waals surface area contributed by atoms with E-state index in [1.54, 1.807) is 30.3 Å². The van der Waals surface area contributed by atoms with Crippen LogP contribution in [0, 0.1) is 17.1 Å². The second-order valence-electron chi connectivity index (χ2n) is 7.41. The molecular formula is C23H25FN2O2. The van der Waals surface area contributed by atoms with E-state index in [9.17, 15) is 14.4 Å². The quantitative estimate of drug-likeness (QED) is 0.737. The van der Waals surface area contributed by atoms with Crippen LogP contribution in [0.3, 0.4) is 0 Å². The van der Waals surface area contributed by atoms with Gasteiger partial charge in [-0.05, 0) is 56.0 Å². The average Bonchev–Trinajstić information content (AvgIpc) is 3.20. The van der Waals surface area contributed by atoms with Crippen molar-refractivity contribution in [1.82, 2.24) is 0 Å². The number of hydrogen-bond donors (Lipinski definition) is 1. The van der Waals surface area contributed by atoms with E-state index < -0.39 is 5.41 Å². The Bertz CT molecular complexity index is 880. The first-order chi connectivity index (χ1) is 13.5. The SMILES string of the molecule is CCC(C)Oc1ccc(NC(=O)C2(c3ccc(F)cc3)CCCC2)c(C#N)c1. The molecule has 1 N–H and O–H groups in total. The smallest absolute Gasteiger partial charge is 0.235 e. The molecule has 5 heteroatoms. The van der Waals surface area contributed by atoms with E-state index in [2.05, 4.69) is 11.4 Å². The number of nitrogens with zero attached hydrogens (tertiary/aromatic N) is 1. The van der Waals surface area contributed by atoms with Crippen LogP contribution in [0.5, 0.6) is 5.75 Å². The fourth-order valence-electron chi connectivity index (χ4n) is 3.75. The molecule has 1 saturated carbocycles. The molecule has 1 unspecified atom stereocenters. The molecule has 0 radical (unpaired) electrons. The number of amides is 1. The number of rotatable bonds is 6. The topological polar surface area (TPSA) is 62.1 Å². The predicted molar refractivity (Wildman–Crippen MR) is 107 cm³/mol.